The van der Waals surface area contributed by atoms with Crippen molar-refractivity contribution in [2.24, 2.45) is 0 Å². The molecule has 0 spiro atoms. The zero-order valence-corrected chi connectivity index (χ0v) is 12.5. The van der Waals surface area contributed by atoms with Crippen LogP contribution in [0, 0.1) is 10.6 Å². The number of amides is 1. The average Bonchev–Trinajstić information content (AvgIpc) is 2.77. The van der Waals surface area contributed by atoms with Crippen molar-refractivity contribution in [2.45, 2.75) is 5.37 Å². The zero-order valence-electron chi connectivity index (χ0n) is 10.9. The second kappa shape index (κ2) is 5.58. The Bertz CT molecular complexity index is 723. The Morgan fingerprint density at radius 3 is 2.62 bits per heavy atom. The van der Waals surface area contributed by atoms with Crippen molar-refractivity contribution in [3.63, 3.8) is 0 Å². The first-order valence-corrected chi connectivity index (χ1v) is 8.15. The maximum absolute atomic E-state index is 14.3. The smallest absolute Gasteiger partial charge is 0.239 e. The number of hydrogen-bond acceptors (Lipinski definition) is 2. The van der Waals surface area contributed by atoms with E-state index in [0.29, 0.717) is 0 Å². The van der Waals surface area contributed by atoms with Gasteiger partial charge in [-0.25, -0.2) is 4.39 Å². The molecular formula is C15H12ClFN2OS. The monoisotopic (exact) mass is 322 g/mol. The standard InChI is InChI=1S/C15H12ClFN2OS/c16-11-7-4-8-12(14(11)17)19-13(20)9-21(18)15(19)10-5-2-1-3-6-10/h1-8,15,18H,9H2. The molecular weight excluding hydrogens is 311 g/mol. The van der Waals surface area contributed by atoms with E-state index in [0.717, 1.165) is 5.56 Å². The highest BCUT2D eigenvalue weighted by Crippen LogP contribution is 2.38. The van der Waals surface area contributed by atoms with E-state index in [1.807, 2.05) is 30.3 Å². The first-order chi connectivity index (χ1) is 10.1. The molecule has 21 heavy (non-hydrogen) atoms. The number of nitrogens with zero attached hydrogens (tertiary/aromatic N) is 1. The van der Waals surface area contributed by atoms with Crippen LogP contribution in [0.15, 0.2) is 48.5 Å². The van der Waals surface area contributed by atoms with E-state index in [1.165, 1.54) is 17.0 Å². The molecule has 2 aromatic carbocycles. The zero-order chi connectivity index (χ0) is 15.0. The SMILES string of the molecule is N=S1CC(=O)N(c2cccc(Cl)c2F)C1c1ccccc1. The van der Waals surface area contributed by atoms with Crippen LogP contribution in [-0.2, 0) is 15.5 Å². The molecule has 3 nitrogen and oxygen atoms in total. The Labute approximate surface area is 129 Å². The number of hydrogen-bond donors (Lipinski definition) is 1. The first kappa shape index (κ1) is 14.2. The number of carbonyl (C=O) groups excluding carboxylic acids is 1. The highest BCUT2D eigenvalue weighted by atomic mass is 35.5. The van der Waals surface area contributed by atoms with E-state index in [9.17, 15) is 9.18 Å². The molecule has 0 saturated carbocycles. The summed E-state index contributed by atoms with van der Waals surface area (Å²) < 4.78 is 22.4. The normalized spacial score (nSPS) is 21.8. The van der Waals surface area contributed by atoms with Crippen molar-refractivity contribution in [1.29, 1.82) is 4.78 Å². The van der Waals surface area contributed by atoms with Crippen LogP contribution < -0.4 is 4.90 Å². The van der Waals surface area contributed by atoms with Crippen molar-refractivity contribution in [2.75, 3.05) is 10.7 Å². The van der Waals surface area contributed by atoms with Gasteiger partial charge < -0.3 is 0 Å². The third kappa shape index (κ3) is 2.47. The molecule has 1 aliphatic heterocycles. The van der Waals surface area contributed by atoms with Crippen LogP contribution in [0.1, 0.15) is 10.9 Å². The summed E-state index contributed by atoms with van der Waals surface area (Å²) in [5.74, 6) is -0.762. The second-order valence-electron chi connectivity index (χ2n) is 4.67. The third-order valence-electron chi connectivity index (χ3n) is 3.33. The minimum atomic E-state index is -0.921. The van der Waals surface area contributed by atoms with E-state index in [2.05, 4.69) is 0 Å². The first-order valence-electron chi connectivity index (χ1n) is 6.31. The van der Waals surface area contributed by atoms with Crippen molar-refractivity contribution in [3.8, 4) is 0 Å². The summed E-state index contributed by atoms with van der Waals surface area (Å²) >= 11 is 5.81. The third-order valence-corrected chi connectivity index (χ3v) is 5.20. The Morgan fingerprint density at radius 2 is 1.90 bits per heavy atom. The van der Waals surface area contributed by atoms with E-state index >= 15 is 0 Å². The maximum Gasteiger partial charge on any atom is 0.239 e. The molecule has 0 radical (unpaired) electrons. The fourth-order valence-corrected chi connectivity index (χ4v) is 4.11. The van der Waals surface area contributed by atoms with Crippen molar-refractivity contribution in [1.82, 2.24) is 0 Å². The summed E-state index contributed by atoms with van der Waals surface area (Å²) in [7, 11) is -0.921. The summed E-state index contributed by atoms with van der Waals surface area (Å²) in [6.45, 7) is 0. The van der Waals surface area contributed by atoms with Crippen molar-refractivity contribution in [3.05, 3.63) is 64.9 Å². The van der Waals surface area contributed by atoms with Gasteiger partial charge in [0.1, 0.15) is 5.37 Å². The molecule has 2 aromatic rings. The van der Waals surface area contributed by atoms with E-state index < -0.39 is 21.9 Å². The molecule has 1 heterocycles. The van der Waals surface area contributed by atoms with Gasteiger partial charge in [-0.1, -0.05) is 58.7 Å². The van der Waals surface area contributed by atoms with Crippen LogP contribution in [-0.4, -0.2) is 11.7 Å². The van der Waals surface area contributed by atoms with Gasteiger partial charge in [0.05, 0.1) is 16.5 Å². The van der Waals surface area contributed by atoms with Gasteiger partial charge >= 0.3 is 0 Å². The van der Waals surface area contributed by atoms with Crippen LogP contribution in [0.25, 0.3) is 0 Å². The van der Waals surface area contributed by atoms with Crippen molar-refractivity contribution >= 4 is 33.9 Å². The lowest BCUT2D eigenvalue weighted by Crippen LogP contribution is -2.29. The number of nitrogens with one attached hydrogen (secondary N) is 1. The summed E-state index contributed by atoms with van der Waals surface area (Å²) in [5, 5.41) is -0.490. The Balaban J connectivity index is 2.12. The molecule has 0 bridgehead atoms. The Morgan fingerprint density at radius 1 is 1.19 bits per heavy atom. The second-order valence-corrected chi connectivity index (χ2v) is 6.67. The van der Waals surface area contributed by atoms with E-state index in [1.54, 1.807) is 6.07 Å². The fraction of sp³-hybridized carbons (Fsp3) is 0.133. The lowest BCUT2D eigenvalue weighted by Gasteiger charge is -2.25. The largest absolute Gasteiger partial charge is 0.291 e. The number of rotatable bonds is 2. The van der Waals surface area contributed by atoms with Crippen LogP contribution in [0.4, 0.5) is 10.1 Å². The minimum absolute atomic E-state index is 0.0242. The highest BCUT2D eigenvalue weighted by Gasteiger charge is 2.38. The van der Waals surface area contributed by atoms with Gasteiger partial charge in [-0.05, 0) is 17.7 Å². The Hall–Kier alpha value is -1.72. The van der Waals surface area contributed by atoms with Crippen LogP contribution in [0.5, 0.6) is 0 Å². The number of halogens is 2. The summed E-state index contributed by atoms with van der Waals surface area (Å²) in [6.07, 6.45) is 0. The summed E-state index contributed by atoms with van der Waals surface area (Å²) in [4.78, 5) is 13.6. The molecule has 1 amide bonds. The average molecular weight is 323 g/mol. The minimum Gasteiger partial charge on any atom is -0.291 e. The van der Waals surface area contributed by atoms with Crippen LogP contribution in [0.2, 0.25) is 5.02 Å². The van der Waals surface area contributed by atoms with Gasteiger partial charge in [-0.2, -0.15) is 0 Å². The van der Waals surface area contributed by atoms with Crippen LogP contribution >= 0.6 is 11.6 Å². The number of benzene rings is 2. The highest BCUT2D eigenvalue weighted by molar-refractivity contribution is 7.87. The topological polar surface area (TPSA) is 44.2 Å². The van der Waals surface area contributed by atoms with Gasteiger partial charge in [0.2, 0.25) is 5.91 Å². The van der Waals surface area contributed by atoms with Crippen LogP contribution in [0.3, 0.4) is 0 Å². The van der Waals surface area contributed by atoms with Gasteiger partial charge in [-0.15, -0.1) is 0 Å². The lowest BCUT2D eigenvalue weighted by atomic mass is 10.2. The predicted octanol–water partition coefficient (Wildman–Crippen LogP) is 3.91. The van der Waals surface area contributed by atoms with E-state index in [-0.39, 0.29) is 22.4 Å². The molecule has 2 atom stereocenters. The van der Waals surface area contributed by atoms with Gasteiger partial charge in [0.25, 0.3) is 0 Å². The van der Waals surface area contributed by atoms with Crippen molar-refractivity contribution < 1.29 is 9.18 Å². The molecule has 1 aliphatic rings. The van der Waals surface area contributed by atoms with Gasteiger partial charge in [-0.3, -0.25) is 14.5 Å². The summed E-state index contributed by atoms with van der Waals surface area (Å²) in [5.41, 5.74) is 0.977. The van der Waals surface area contributed by atoms with E-state index in [4.69, 9.17) is 16.4 Å². The molecule has 3 rings (SSSR count). The maximum atomic E-state index is 14.3. The number of carbonyl (C=O) groups is 1. The Kier molecular flexibility index (Phi) is 3.78. The molecule has 1 fully saturated rings. The molecule has 108 valence electrons. The molecule has 1 saturated heterocycles. The summed E-state index contributed by atoms with van der Waals surface area (Å²) in [6, 6.07) is 13.9. The molecule has 6 heteroatoms. The predicted molar refractivity (Wildman–Crippen MR) is 83.0 cm³/mol. The molecule has 1 N–H and O–H groups in total. The fourth-order valence-electron chi connectivity index (χ4n) is 2.41. The lowest BCUT2D eigenvalue weighted by molar-refractivity contribution is -0.115. The van der Waals surface area contributed by atoms with Gasteiger partial charge in [0.15, 0.2) is 5.82 Å². The van der Waals surface area contributed by atoms with Gasteiger partial charge in [0, 0.05) is 0 Å². The quantitative estimate of drug-likeness (QED) is 0.895. The molecule has 2 unspecified atom stereocenters. The molecule has 0 aromatic heterocycles. The molecule has 0 aliphatic carbocycles. The number of anilines is 1.